The number of benzene rings is 1. The fourth-order valence-electron chi connectivity index (χ4n) is 2.19. The van der Waals surface area contributed by atoms with E-state index in [4.69, 9.17) is 14.0 Å². The van der Waals surface area contributed by atoms with E-state index in [1.165, 1.54) is 6.07 Å². The molecule has 0 bridgehead atoms. The average molecular weight is 322 g/mol. The molecule has 2 rings (SSSR count). The molecular weight excluding hydrogens is 298 g/mol. The van der Waals surface area contributed by atoms with Crippen molar-refractivity contribution in [1.29, 1.82) is 0 Å². The Morgan fingerprint density at radius 2 is 1.65 bits per heavy atom. The number of ether oxygens (including phenoxy) is 1. The van der Waals surface area contributed by atoms with Crippen molar-refractivity contribution in [1.82, 2.24) is 0 Å². The second kappa shape index (κ2) is 5.60. The molecule has 126 valence electrons. The Morgan fingerprint density at radius 3 is 2.13 bits per heavy atom. The molecule has 0 amide bonds. The summed E-state index contributed by atoms with van der Waals surface area (Å²) in [5.41, 5.74) is -1.76. The molecule has 1 aliphatic heterocycles. The first-order valence-electron chi connectivity index (χ1n) is 7.71. The summed E-state index contributed by atoms with van der Waals surface area (Å²) in [6.45, 7) is 12.8. The summed E-state index contributed by atoms with van der Waals surface area (Å²) >= 11 is 0. The number of hydrogen-bond acceptors (Lipinski definition) is 4. The molecule has 1 aromatic rings. The molecule has 0 aliphatic carbocycles. The summed E-state index contributed by atoms with van der Waals surface area (Å²) in [5.74, 6) is -1.37. The molecule has 1 saturated heterocycles. The standard InChI is InChI=1S/C17H24BFO4/c1-15(2,3)21-14(20)11-9-8-10-12(13(11)19)18-22-16(4,5)17(6,7)23-18/h8-10H,1-7H3. The van der Waals surface area contributed by atoms with Crippen LogP contribution in [0.1, 0.15) is 58.8 Å². The van der Waals surface area contributed by atoms with Gasteiger partial charge in [0.1, 0.15) is 11.4 Å². The lowest BCUT2D eigenvalue weighted by Crippen LogP contribution is -2.41. The van der Waals surface area contributed by atoms with Crippen molar-refractivity contribution in [3.05, 3.63) is 29.6 Å². The van der Waals surface area contributed by atoms with E-state index in [0.29, 0.717) is 0 Å². The molecule has 0 radical (unpaired) electrons. The lowest BCUT2D eigenvalue weighted by Gasteiger charge is -2.32. The maximum atomic E-state index is 14.8. The molecule has 0 N–H and O–H groups in total. The van der Waals surface area contributed by atoms with Crippen molar-refractivity contribution >= 4 is 18.6 Å². The van der Waals surface area contributed by atoms with E-state index in [1.54, 1.807) is 32.9 Å². The largest absolute Gasteiger partial charge is 0.497 e. The van der Waals surface area contributed by atoms with Crippen LogP contribution in [0.2, 0.25) is 0 Å². The summed E-state index contributed by atoms with van der Waals surface area (Å²) in [4.78, 5) is 12.2. The minimum absolute atomic E-state index is 0.118. The minimum Gasteiger partial charge on any atom is -0.456 e. The van der Waals surface area contributed by atoms with Crippen LogP contribution in [0, 0.1) is 5.82 Å². The Bertz CT molecular complexity index is 604. The average Bonchev–Trinajstić information content (AvgIpc) is 2.56. The zero-order chi connectivity index (χ0) is 17.6. The van der Waals surface area contributed by atoms with Crippen LogP contribution in [0.3, 0.4) is 0 Å². The maximum absolute atomic E-state index is 14.8. The van der Waals surface area contributed by atoms with Gasteiger partial charge in [-0.05, 0) is 54.5 Å². The third-order valence-electron chi connectivity index (χ3n) is 4.15. The van der Waals surface area contributed by atoms with E-state index in [0.717, 1.165) is 0 Å². The molecule has 0 atom stereocenters. The molecule has 6 heteroatoms. The van der Waals surface area contributed by atoms with Gasteiger partial charge in [0, 0.05) is 5.46 Å². The molecular formula is C17H24BFO4. The van der Waals surface area contributed by atoms with Gasteiger partial charge in [0.05, 0.1) is 16.8 Å². The first kappa shape index (κ1) is 18.0. The zero-order valence-electron chi connectivity index (χ0n) is 14.8. The van der Waals surface area contributed by atoms with Gasteiger partial charge >= 0.3 is 13.1 Å². The zero-order valence-corrected chi connectivity index (χ0v) is 14.8. The van der Waals surface area contributed by atoms with Crippen molar-refractivity contribution in [3.8, 4) is 0 Å². The van der Waals surface area contributed by atoms with Crippen molar-refractivity contribution in [2.75, 3.05) is 0 Å². The van der Waals surface area contributed by atoms with E-state index < -0.39 is 35.7 Å². The Morgan fingerprint density at radius 1 is 1.13 bits per heavy atom. The van der Waals surface area contributed by atoms with Gasteiger partial charge in [0.25, 0.3) is 0 Å². The number of carbonyl (C=O) groups excluding carboxylic acids is 1. The summed E-state index contributed by atoms with van der Waals surface area (Å²) in [6, 6.07) is 4.56. The third kappa shape index (κ3) is 3.58. The van der Waals surface area contributed by atoms with Crippen LogP contribution in [0.5, 0.6) is 0 Å². The van der Waals surface area contributed by atoms with E-state index in [9.17, 15) is 9.18 Å². The second-order valence-electron chi connectivity index (χ2n) is 7.80. The summed E-state index contributed by atoms with van der Waals surface area (Å²) in [5, 5.41) is 0. The second-order valence-corrected chi connectivity index (χ2v) is 7.80. The summed E-state index contributed by atoms with van der Waals surface area (Å²) in [6.07, 6.45) is 0. The highest BCUT2D eigenvalue weighted by Gasteiger charge is 2.52. The van der Waals surface area contributed by atoms with E-state index >= 15 is 0 Å². The van der Waals surface area contributed by atoms with Crippen LogP contribution in [0.25, 0.3) is 0 Å². The van der Waals surface area contributed by atoms with Crippen LogP contribution >= 0.6 is 0 Å². The lowest BCUT2D eigenvalue weighted by atomic mass is 9.78. The quantitative estimate of drug-likeness (QED) is 0.620. The third-order valence-corrected chi connectivity index (χ3v) is 4.15. The van der Waals surface area contributed by atoms with Gasteiger partial charge in [0.2, 0.25) is 0 Å². The van der Waals surface area contributed by atoms with Gasteiger partial charge in [-0.2, -0.15) is 0 Å². The number of carbonyl (C=O) groups is 1. The first-order chi connectivity index (χ1) is 10.3. The van der Waals surface area contributed by atoms with E-state index in [1.807, 2.05) is 27.7 Å². The SMILES string of the molecule is CC(C)(C)OC(=O)c1cccc(B2OC(C)(C)C(C)(C)O2)c1F. The van der Waals surface area contributed by atoms with Gasteiger partial charge in [0.15, 0.2) is 0 Å². The smallest absolute Gasteiger partial charge is 0.456 e. The molecule has 1 aromatic carbocycles. The van der Waals surface area contributed by atoms with Crippen LogP contribution < -0.4 is 5.46 Å². The molecule has 0 saturated carbocycles. The highest BCUT2D eigenvalue weighted by molar-refractivity contribution is 6.62. The van der Waals surface area contributed by atoms with Crippen LogP contribution in [-0.4, -0.2) is 29.9 Å². The maximum Gasteiger partial charge on any atom is 0.497 e. The van der Waals surface area contributed by atoms with Crippen molar-refractivity contribution in [2.45, 2.75) is 65.3 Å². The predicted octanol–water partition coefficient (Wildman–Crippen LogP) is 3.08. The lowest BCUT2D eigenvalue weighted by molar-refractivity contribution is 0.00578. The normalized spacial score (nSPS) is 19.7. The fourth-order valence-corrected chi connectivity index (χ4v) is 2.19. The number of rotatable bonds is 2. The number of hydrogen-bond donors (Lipinski definition) is 0. The molecule has 0 aromatic heterocycles. The monoisotopic (exact) mass is 322 g/mol. The molecule has 23 heavy (non-hydrogen) atoms. The topological polar surface area (TPSA) is 44.8 Å². The van der Waals surface area contributed by atoms with Gasteiger partial charge in [-0.25, -0.2) is 9.18 Å². The fraction of sp³-hybridized carbons (Fsp3) is 0.588. The Labute approximate surface area is 137 Å². The Balaban J connectivity index is 2.33. The van der Waals surface area contributed by atoms with E-state index in [-0.39, 0.29) is 11.0 Å². The van der Waals surface area contributed by atoms with Crippen molar-refractivity contribution in [3.63, 3.8) is 0 Å². The molecule has 0 unspecified atom stereocenters. The number of halogens is 1. The van der Waals surface area contributed by atoms with Crippen molar-refractivity contribution < 1.29 is 23.2 Å². The van der Waals surface area contributed by atoms with Crippen molar-refractivity contribution in [2.24, 2.45) is 0 Å². The van der Waals surface area contributed by atoms with Gasteiger partial charge < -0.3 is 14.0 Å². The molecule has 1 aliphatic rings. The first-order valence-corrected chi connectivity index (χ1v) is 7.71. The summed E-state index contributed by atoms with van der Waals surface area (Å²) < 4.78 is 31.7. The molecule has 1 heterocycles. The Hall–Kier alpha value is -1.40. The highest BCUT2D eigenvalue weighted by Crippen LogP contribution is 2.36. The van der Waals surface area contributed by atoms with Gasteiger partial charge in [-0.3, -0.25) is 0 Å². The highest BCUT2D eigenvalue weighted by atomic mass is 19.1. The van der Waals surface area contributed by atoms with Crippen LogP contribution in [-0.2, 0) is 14.0 Å². The van der Waals surface area contributed by atoms with Gasteiger partial charge in [-0.15, -0.1) is 0 Å². The Kier molecular flexibility index (Phi) is 4.37. The minimum atomic E-state index is -0.859. The number of esters is 1. The van der Waals surface area contributed by atoms with Gasteiger partial charge in [-0.1, -0.05) is 12.1 Å². The molecule has 4 nitrogen and oxygen atoms in total. The molecule has 1 fully saturated rings. The summed E-state index contributed by atoms with van der Waals surface area (Å²) in [7, 11) is -0.859. The predicted molar refractivity (Wildman–Crippen MR) is 87.3 cm³/mol. The molecule has 0 spiro atoms. The van der Waals surface area contributed by atoms with Crippen LogP contribution in [0.15, 0.2) is 18.2 Å². The van der Waals surface area contributed by atoms with E-state index in [2.05, 4.69) is 0 Å². The van der Waals surface area contributed by atoms with Crippen LogP contribution in [0.4, 0.5) is 4.39 Å².